The minimum absolute atomic E-state index is 0.0113. The van der Waals surface area contributed by atoms with E-state index in [2.05, 4.69) is 121 Å². The molecule has 1 amide bonds. The van der Waals surface area contributed by atoms with Crippen molar-refractivity contribution in [3.8, 4) is 0 Å². The van der Waals surface area contributed by atoms with Crippen molar-refractivity contribution in [2.45, 2.75) is 13.3 Å². The fraction of sp³-hybridized carbons (Fsp3) is 0.138. The van der Waals surface area contributed by atoms with Crippen LogP contribution in [0.1, 0.15) is 11.1 Å². The molecule has 4 aromatic carbocycles. The van der Waals surface area contributed by atoms with Crippen molar-refractivity contribution in [2.24, 2.45) is 5.73 Å². The lowest BCUT2D eigenvalue weighted by Crippen LogP contribution is -2.65. The van der Waals surface area contributed by atoms with Crippen molar-refractivity contribution in [3.63, 3.8) is 0 Å². The van der Waals surface area contributed by atoms with Gasteiger partial charge in [-0.15, -0.1) is 0 Å². The Balaban J connectivity index is 1.66. The van der Waals surface area contributed by atoms with Crippen LogP contribution in [0.2, 0.25) is 0 Å². The molecule has 3 N–H and O–H groups in total. The molecule has 0 aliphatic heterocycles. The fourth-order valence-corrected chi connectivity index (χ4v) is 12.4. The first-order valence-corrected chi connectivity index (χ1v) is 15.2. The predicted octanol–water partition coefficient (Wildman–Crippen LogP) is 3.84. The maximum Gasteiger partial charge on any atom is 0.238 e. The Labute approximate surface area is 207 Å². The van der Waals surface area contributed by atoms with E-state index in [0.29, 0.717) is 0 Å². The summed E-state index contributed by atoms with van der Waals surface area (Å²) >= 11 is 2.10. The first-order valence-electron chi connectivity index (χ1n) is 11.5. The second kappa shape index (κ2) is 11.3. The van der Waals surface area contributed by atoms with Crippen LogP contribution in [0.15, 0.2) is 109 Å². The summed E-state index contributed by atoms with van der Waals surface area (Å²) in [6.45, 7) is 2.09. The highest BCUT2D eigenvalue weighted by Crippen LogP contribution is 2.24. The summed E-state index contributed by atoms with van der Waals surface area (Å²) in [7, 11) is -2.29. The van der Waals surface area contributed by atoms with E-state index in [4.69, 9.17) is 5.73 Å². The van der Waals surface area contributed by atoms with E-state index < -0.39 is 7.22 Å². The molecule has 0 saturated heterocycles. The smallest absolute Gasteiger partial charge is 0.238 e. The molecule has 0 unspecified atom stereocenters. The van der Waals surface area contributed by atoms with E-state index in [9.17, 15) is 4.79 Å². The molecule has 172 valence electrons. The molecule has 3 nitrogen and oxygen atoms in total. The second-order valence-electron chi connectivity index (χ2n) is 8.27. The number of nitrogens with two attached hydrogens (primary N) is 1. The standard InChI is InChI=1S/C29H30N2OSSi/c1-23-21-25(31-29(32)22-30)18-17-24(23)19-20-33-34(26-11-5-2-6-12-26,27-13-7-3-8-14-27)28-15-9-4-10-16-28/h2-18,21H,19-20,22,30H2,1H3,(H,31,32). The van der Waals surface area contributed by atoms with Crippen LogP contribution in [0.4, 0.5) is 5.69 Å². The molecule has 0 bridgehead atoms. The van der Waals surface area contributed by atoms with Crippen molar-refractivity contribution in [1.29, 1.82) is 0 Å². The molecule has 0 fully saturated rings. The van der Waals surface area contributed by atoms with Gasteiger partial charge >= 0.3 is 0 Å². The quantitative estimate of drug-likeness (QED) is 0.282. The topological polar surface area (TPSA) is 55.1 Å². The molecular weight excluding hydrogens is 452 g/mol. The summed E-state index contributed by atoms with van der Waals surface area (Å²) in [6.07, 6.45) is 0.961. The lowest BCUT2D eigenvalue weighted by atomic mass is 10.1. The van der Waals surface area contributed by atoms with Crippen molar-refractivity contribution in [1.82, 2.24) is 0 Å². The van der Waals surface area contributed by atoms with Crippen molar-refractivity contribution in [3.05, 3.63) is 120 Å². The van der Waals surface area contributed by atoms with Crippen LogP contribution in [-0.2, 0) is 11.2 Å². The monoisotopic (exact) mass is 482 g/mol. The Hall–Kier alpha value is -3.12. The van der Waals surface area contributed by atoms with Crippen molar-refractivity contribution in [2.75, 3.05) is 17.6 Å². The predicted molar refractivity (Wildman–Crippen MR) is 149 cm³/mol. The summed E-state index contributed by atoms with van der Waals surface area (Å²) in [5.74, 6) is 0.826. The number of hydrogen-bond acceptors (Lipinski definition) is 3. The summed E-state index contributed by atoms with van der Waals surface area (Å²) in [6, 6.07) is 39.1. The first kappa shape index (κ1) is 24.0. The summed E-state index contributed by atoms with van der Waals surface area (Å²) in [5.41, 5.74) is 8.71. The molecular formula is C29H30N2OSSi. The highest BCUT2D eigenvalue weighted by molar-refractivity contribution is 8.33. The van der Waals surface area contributed by atoms with Crippen molar-refractivity contribution >= 4 is 45.6 Å². The zero-order valence-electron chi connectivity index (χ0n) is 19.4. The molecule has 0 saturated carbocycles. The van der Waals surface area contributed by atoms with Gasteiger partial charge in [-0.1, -0.05) is 97.1 Å². The van der Waals surface area contributed by atoms with Gasteiger partial charge in [-0.2, -0.15) is 11.2 Å². The molecule has 34 heavy (non-hydrogen) atoms. The van der Waals surface area contributed by atoms with E-state index in [1.54, 1.807) is 0 Å². The van der Waals surface area contributed by atoms with E-state index >= 15 is 0 Å². The molecule has 0 aliphatic carbocycles. The Morgan fingerprint density at radius 1 is 0.794 bits per heavy atom. The largest absolute Gasteiger partial charge is 0.325 e. The SMILES string of the molecule is Cc1cc(NC(=O)CN)ccc1CCS[Si](c1ccccc1)(c1ccccc1)c1ccccc1. The highest BCUT2D eigenvalue weighted by atomic mass is 32.4. The van der Waals surface area contributed by atoms with Gasteiger partial charge in [0.1, 0.15) is 0 Å². The van der Waals surface area contributed by atoms with Crippen LogP contribution >= 0.6 is 11.2 Å². The van der Waals surface area contributed by atoms with Crippen LogP contribution in [0.3, 0.4) is 0 Å². The number of benzene rings is 4. The van der Waals surface area contributed by atoms with Gasteiger partial charge in [0.25, 0.3) is 0 Å². The zero-order chi connectivity index (χ0) is 23.8. The number of carbonyl (C=O) groups excluding carboxylic acids is 1. The molecule has 0 spiro atoms. The molecule has 0 radical (unpaired) electrons. The van der Waals surface area contributed by atoms with Crippen LogP contribution in [0.5, 0.6) is 0 Å². The summed E-state index contributed by atoms with van der Waals surface area (Å²) in [5, 5.41) is 7.08. The van der Waals surface area contributed by atoms with E-state index in [1.165, 1.54) is 26.7 Å². The summed E-state index contributed by atoms with van der Waals surface area (Å²) in [4.78, 5) is 11.6. The minimum atomic E-state index is -2.29. The fourth-order valence-electron chi connectivity index (χ4n) is 4.35. The van der Waals surface area contributed by atoms with Gasteiger partial charge in [-0.05, 0) is 57.9 Å². The van der Waals surface area contributed by atoms with Crippen LogP contribution < -0.4 is 26.6 Å². The van der Waals surface area contributed by atoms with Gasteiger partial charge in [0.05, 0.1) is 6.54 Å². The molecule has 4 rings (SSSR count). The zero-order valence-corrected chi connectivity index (χ0v) is 21.2. The number of hydrogen-bond donors (Lipinski definition) is 2. The molecule has 4 aromatic rings. The number of amides is 1. The maximum absolute atomic E-state index is 11.6. The lowest BCUT2D eigenvalue weighted by molar-refractivity contribution is -0.114. The molecule has 0 aliphatic rings. The second-order valence-corrected chi connectivity index (χ2v) is 14.8. The molecule has 0 atom stereocenters. The van der Waals surface area contributed by atoms with Gasteiger partial charge in [0.15, 0.2) is 0 Å². The minimum Gasteiger partial charge on any atom is -0.325 e. The lowest BCUT2D eigenvalue weighted by Gasteiger charge is -2.33. The van der Waals surface area contributed by atoms with E-state index in [-0.39, 0.29) is 12.5 Å². The van der Waals surface area contributed by atoms with E-state index in [1.807, 2.05) is 12.1 Å². The third-order valence-corrected chi connectivity index (χ3v) is 14.4. The Morgan fingerprint density at radius 2 is 1.29 bits per heavy atom. The van der Waals surface area contributed by atoms with Crippen molar-refractivity contribution < 1.29 is 4.79 Å². The Kier molecular flexibility index (Phi) is 8.01. The average Bonchev–Trinajstić information content (AvgIpc) is 2.89. The average molecular weight is 483 g/mol. The summed E-state index contributed by atoms with van der Waals surface area (Å²) < 4.78 is 0. The number of carbonyl (C=O) groups is 1. The van der Waals surface area contributed by atoms with Crippen LogP contribution in [-0.4, -0.2) is 25.4 Å². The van der Waals surface area contributed by atoms with E-state index in [0.717, 1.165) is 17.9 Å². The number of anilines is 1. The molecule has 0 heterocycles. The third-order valence-electron chi connectivity index (χ3n) is 6.04. The highest BCUT2D eigenvalue weighted by Gasteiger charge is 2.39. The van der Waals surface area contributed by atoms with Gasteiger partial charge in [0, 0.05) is 5.69 Å². The molecule has 0 aromatic heterocycles. The Bertz CT molecular complexity index is 1120. The van der Waals surface area contributed by atoms with Crippen LogP contribution in [0.25, 0.3) is 0 Å². The third kappa shape index (κ3) is 5.33. The number of aryl methyl sites for hydroxylation is 2. The number of nitrogens with one attached hydrogen (secondary N) is 1. The maximum atomic E-state index is 11.6. The van der Waals surface area contributed by atoms with Crippen LogP contribution in [0, 0.1) is 6.92 Å². The number of rotatable bonds is 9. The van der Waals surface area contributed by atoms with Gasteiger partial charge in [-0.3, -0.25) is 4.79 Å². The Morgan fingerprint density at radius 3 is 1.74 bits per heavy atom. The van der Waals surface area contributed by atoms with Gasteiger partial charge in [0.2, 0.25) is 13.1 Å². The normalized spacial score (nSPS) is 11.2. The van der Waals surface area contributed by atoms with Gasteiger partial charge < -0.3 is 11.1 Å². The first-order chi connectivity index (χ1) is 16.6. The molecule has 5 heteroatoms. The van der Waals surface area contributed by atoms with Gasteiger partial charge in [-0.25, -0.2) is 0 Å².